The van der Waals surface area contributed by atoms with Gasteiger partial charge in [0.15, 0.2) is 6.10 Å². The molecular formula is C39H65O8P. The van der Waals surface area contributed by atoms with Crippen molar-refractivity contribution >= 4 is 19.8 Å². The van der Waals surface area contributed by atoms with Gasteiger partial charge in [0.1, 0.15) is 6.61 Å². The molecule has 0 aliphatic rings. The van der Waals surface area contributed by atoms with Crippen molar-refractivity contribution in [3.05, 3.63) is 72.9 Å². The summed E-state index contributed by atoms with van der Waals surface area (Å²) in [6, 6.07) is 0. The number of esters is 2. The van der Waals surface area contributed by atoms with Gasteiger partial charge in [0.05, 0.1) is 6.61 Å². The molecular weight excluding hydrogens is 627 g/mol. The largest absolute Gasteiger partial charge is 0.469 e. The van der Waals surface area contributed by atoms with Crippen LogP contribution in [0.15, 0.2) is 72.9 Å². The van der Waals surface area contributed by atoms with Crippen molar-refractivity contribution in [2.75, 3.05) is 13.2 Å². The average molecular weight is 693 g/mol. The quantitative estimate of drug-likeness (QED) is 0.0309. The summed E-state index contributed by atoms with van der Waals surface area (Å²) >= 11 is 0. The lowest BCUT2D eigenvalue weighted by atomic mass is 10.1. The van der Waals surface area contributed by atoms with Crippen LogP contribution in [0.3, 0.4) is 0 Å². The molecule has 0 aliphatic carbocycles. The van der Waals surface area contributed by atoms with Crippen LogP contribution in [-0.4, -0.2) is 41.0 Å². The molecule has 0 saturated carbocycles. The normalized spacial score (nSPS) is 13.3. The third-order valence-electron chi connectivity index (χ3n) is 7.21. The van der Waals surface area contributed by atoms with Crippen molar-refractivity contribution in [1.82, 2.24) is 0 Å². The average Bonchev–Trinajstić information content (AvgIpc) is 3.05. The number of allylic oxidation sites excluding steroid dienone is 12. The van der Waals surface area contributed by atoms with E-state index in [1.807, 2.05) is 0 Å². The molecule has 0 spiro atoms. The first-order valence-electron chi connectivity index (χ1n) is 18.2. The van der Waals surface area contributed by atoms with Gasteiger partial charge in [0, 0.05) is 12.8 Å². The van der Waals surface area contributed by atoms with Crippen LogP contribution in [0.5, 0.6) is 0 Å². The SMILES string of the molecule is CC/C=C\C/C=C\C/C=C\CCCCCCCC(=O)OC[C@H](COP(=O)(O)O)OC(=O)CCCC/C=C\C/C=C\C/C=C\CCCCC. The Bertz CT molecular complexity index is 1010. The highest BCUT2D eigenvalue weighted by Crippen LogP contribution is 2.35. The van der Waals surface area contributed by atoms with Crippen LogP contribution in [-0.2, 0) is 28.2 Å². The molecule has 0 aromatic carbocycles. The van der Waals surface area contributed by atoms with Crippen LogP contribution in [0.25, 0.3) is 0 Å². The van der Waals surface area contributed by atoms with E-state index in [0.29, 0.717) is 12.8 Å². The van der Waals surface area contributed by atoms with Crippen molar-refractivity contribution in [2.45, 2.75) is 148 Å². The predicted molar refractivity (Wildman–Crippen MR) is 197 cm³/mol. The molecule has 274 valence electrons. The molecule has 0 aliphatic heterocycles. The van der Waals surface area contributed by atoms with Gasteiger partial charge in [-0.3, -0.25) is 14.1 Å². The number of hydrogen-bond acceptors (Lipinski definition) is 6. The Hall–Kier alpha value is -2.51. The van der Waals surface area contributed by atoms with Crippen LogP contribution in [0.1, 0.15) is 142 Å². The predicted octanol–water partition coefficient (Wildman–Crippen LogP) is 10.7. The standard InChI is InChI=1S/C39H65O8P/c1-3-5-7-9-11-13-15-17-19-21-23-25-27-29-31-33-38(40)45-35-37(36-46-48(42,43)44)47-39(41)34-32-30-28-26-24-22-20-18-16-14-12-10-8-6-4-2/h5,7,11-14,17-20,24,26,37H,3-4,6,8-10,15-16,21-23,25,27-36H2,1-2H3,(H2,42,43,44)/b7-5-,13-11-,14-12-,19-17-,20-18-,26-24-/t37-/m1/s1. The van der Waals surface area contributed by atoms with Gasteiger partial charge in [-0.15, -0.1) is 0 Å². The van der Waals surface area contributed by atoms with Crippen molar-refractivity contribution in [1.29, 1.82) is 0 Å². The molecule has 0 fully saturated rings. The summed E-state index contributed by atoms with van der Waals surface area (Å²) in [7, 11) is -4.77. The highest BCUT2D eigenvalue weighted by atomic mass is 31.2. The number of ether oxygens (including phenoxy) is 2. The number of unbranched alkanes of at least 4 members (excludes halogenated alkanes) is 10. The molecule has 0 unspecified atom stereocenters. The monoisotopic (exact) mass is 692 g/mol. The third kappa shape index (κ3) is 36.3. The first-order valence-corrected chi connectivity index (χ1v) is 19.8. The van der Waals surface area contributed by atoms with Gasteiger partial charge in [-0.25, -0.2) is 4.57 Å². The number of carbonyl (C=O) groups excluding carboxylic acids is 2. The minimum atomic E-state index is -4.77. The zero-order valence-corrected chi connectivity index (χ0v) is 30.7. The fourth-order valence-corrected chi connectivity index (χ4v) is 4.87. The Morgan fingerprint density at radius 2 is 1.00 bits per heavy atom. The van der Waals surface area contributed by atoms with Crippen molar-refractivity contribution in [2.24, 2.45) is 0 Å². The van der Waals surface area contributed by atoms with E-state index in [-0.39, 0.29) is 19.4 Å². The fourth-order valence-electron chi connectivity index (χ4n) is 4.51. The lowest BCUT2D eigenvalue weighted by Gasteiger charge is -2.18. The summed E-state index contributed by atoms with van der Waals surface area (Å²) < 4.78 is 26.2. The molecule has 1 atom stereocenters. The van der Waals surface area contributed by atoms with E-state index in [1.54, 1.807) is 0 Å². The van der Waals surface area contributed by atoms with Crippen LogP contribution in [0, 0.1) is 0 Å². The van der Waals surface area contributed by atoms with Crippen LogP contribution < -0.4 is 0 Å². The minimum Gasteiger partial charge on any atom is -0.462 e. The Morgan fingerprint density at radius 3 is 1.54 bits per heavy atom. The van der Waals surface area contributed by atoms with Gasteiger partial charge in [-0.2, -0.15) is 0 Å². The highest BCUT2D eigenvalue weighted by molar-refractivity contribution is 7.46. The Balaban J connectivity index is 4.10. The maximum absolute atomic E-state index is 12.3. The molecule has 2 N–H and O–H groups in total. The molecule has 0 aromatic rings. The Morgan fingerprint density at radius 1 is 0.562 bits per heavy atom. The van der Waals surface area contributed by atoms with Gasteiger partial charge in [0.2, 0.25) is 0 Å². The molecule has 0 heterocycles. The zero-order chi connectivity index (χ0) is 35.4. The number of rotatable bonds is 32. The first kappa shape index (κ1) is 45.5. The second-order valence-electron chi connectivity index (χ2n) is 11.8. The first-order chi connectivity index (χ1) is 23.3. The lowest BCUT2D eigenvalue weighted by molar-refractivity contribution is -0.161. The molecule has 0 rings (SSSR count). The number of hydrogen-bond donors (Lipinski definition) is 2. The zero-order valence-electron chi connectivity index (χ0n) is 29.9. The molecule has 9 heteroatoms. The third-order valence-corrected chi connectivity index (χ3v) is 7.69. The van der Waals surface area contributed by atoms with Gasteiger partial charge in [0.25, 0.3) is 0 Å². The van der Waals surface area contributed by atoms with Gasteiger partial charge >= 0.3 is 19.8 Å². The van der Waals surface area contributed by atoms with Crippen LogP contribution in [0.2, 0.25) is 0 Å². The maximum atomic E-state index is 12.3. The second-order valence-corrected chi connectivity index (χ2v) is 13.0. The second kappa shape index (κ2) is 34.4. The van der Waals surface area contributed by atoms with Crippen LogP contribution >= 0.6 is 7.82 Å². The molecule has 48 heavy (non-hydrogen) atoms. The summed E-state index contributed by atoms with van der Waals surface area (Å²) in [5, 5.41) is 0. The number of carbonyl (C=O) groups is 2. The minimum absolute atomic E-state index is 0.155. The molecule has 0 bridgehead atoms. The van der Waals surface area contributed by atoms with Gasteiger partial charge in [-0.05, 0) is 83.5 Å². The maximum Gasteiger partial charge on any atom is 0.469 e. The Kier molecular flexibility index (Phi) is 32.6. The Labute approximate surface area is 291 Å². The molecule has 0 saturated heterocycles. The molecule has 0 aromatic heterocycles. The lowest BCUT2D eigenvalue weighted by Crippen LogP contribution is -2.29. The van der Waals surface area contributed by atoms with Gasteiger partial charge < -0.3 is 19.3 Å². The molecule has 8 nitrogen and oxygen atoms in total. The summed E-state index contributed by atoms with van der Waals surface area (Å²) in [5.41, 5.74) is 0. The van der Waals surface area contributed by atoms with E-state index in [1.165, 1.54) is 19.3 Å². The molecule has 0 amide bonds. The molecule has 0 radical (unpaired) electrons. The number of phosphoric acid groups is 1. The van der Waals surface area contributed by atoms with E-state index >= 15 is 0 Å². The number of phosphoric ester groups is 1. The topological polar surface area (TPSA) is 119 Å². The highest BCUT2D eigenvalue weighted by Gasteiger charge is 2.22. The summed E-state index contributed by atoms with van der Waals surface area (Å²) in [6.45, 7) is 3.47. The summed E-state index contributed by atoms with van der Waals surface area (Å²) in [4.78, 5) is 42.6. The van der Waals surface area contributed by atoms with Crippen molar-refractivity contribution in [3.63, 3.8) is 0 Å². The van der Waals surface area contributed by atoms with E-state index in [4.69, 9.17) is 19.3 Å². The van der Waals surface area contributed by atoms with Crippen LogP contribution in [0.4, 0.5) is 0 Å². The van der Waals surface area contributed by atoms with E-state index < -0.39 is 32.5 Å². The van der Waals surface area contributed by atoms with E-state index in [0.717, 1.165) is 83.5 Å². The van der Waals surface area contributed by atoms with Crippen molar-refractivity contribution in [3.8, 4) is 0 Å². The fraction of sp³-hybridized carbons (Fsp3) is 0.641. The summed E-state index contributed by atoms with van der Waals surface area (Å²) in [5.74, 6) is -0.958. The smallest absolute Gasteiger partial charge is 0.462 e. The van der Waals surface area contributed by atoms with Crippen molar-refractivity contribution < 1.29 is 37.9 Å². The van der Waals surface area contributed by atoms with E-state index in [9.17, 15) is 14.2 Å². The van der Waals surface area contributed by atoms with Gasteiger partial charge in [-0.1, -0.05) is 119 Å². The summed E-state index contributed by atoms with van der Waals surface area (Å²) in [6.07, 6.45) is 43.4. The van der Waals surface area contributed by atoms with E-state index in [2.05, 4.69) is 91.3 Å².